The van der Waals surface area contributed by atoms with Crippen molar-refractivity contribution in [3.05, 3.63) is 24.2 Å². The number of nitrogens with zero attached hydrogens (tertiary/aromatic N) is 1. The Morgan fingerprint density at radius 3 is 2.95 bits per heavy atom. The second kappa shape index (κ2) is 7.63. The largest absolute Gasteiger partial charge is 0.468 e. The van der Waals surface area contributed by atoms with Gasteiger partial charge in [-0.15, -0.1) is 23.5 Å². The van der Waals surface area contributed by atoms with Crippen LogP contribution in [0.3, 0.4) is 0 Å². The topological polar surface area (TPSA) is 33.5 Å². The van der Waals surface area contributed by atoms with Crippen molar-refractivity contribution in [1.29, 1.82) is 0 Å². The van der Waals surface area contributed by atoms with Crippen LogP contribution >= 0.6 is 23.5 Å². The fourth-order valence-electron chi connectivity index (χ4n) is 3.06. The van der Waals surface area contributed by atoms with Gasteiger partial charge >= 0.3 is 0 Å². The molecule has 2 fully saturated rings. The highest BCUT2D eigenvalue weighted by molar-refractivity contribution is 8.00. The SMILES string of the molecule is O=C(CSC1CCCC1)N1CCS[C@H](c2ccco2)CC1. The average Bonchev–Trinajstić information content (AvgIpc) is 3.15. The Balaban J connectivity index is 1.46. The average molecular weight is 325 g/mol. The molecule has 0 radical (unpaired) electrons. The molecule has 5 heteroatoms. The van der Waals surface area contributed by atoms with Gasteiger partial charge in [-0.1, -0.05) is 12.8 Å². The van der Waals surface area contributed by atoms with Crippen molar-refractivity contribution in [2.75, 3.05) is 24.6 Å². The first-order valence-corrected chi connectivity index (χ1v) is 9.97. The predicted octanol–water partition coefficient (Wildman–Crippen LogP) is 3.96. The second-order valence-electron chi connectivity index (χ2n) is 5.76. The minimum absolute atomic E-state index is 0.326. The Kier molecular flexibility index (Phi) is 5.58. The molecule has 21 heavy (non-hydrogen) atoms. The number of carbonyl (C=O) groups excluding carboxylic acids is 1. The van der Waals surface area contributed by atoms with Crippen LogP contribution in [0.4, 0.5) is 0 Å². The third-order valence-electron chi connectivity index (χ3n) is 4.30. The Morgan fingerprint density at radius 2 is 2.19 bits per heavy atom. The zero-order chi connectivity index (χ0) is 14.5. The number of furan rings is 1. The summed E-state index contributed by atoms with van der Waals surface area (Å²) in [5.74, 6) is 3.05. The van der Waals surface area contributed by atoms with Crippen LogP contribution in [0.1, 0.15) is 43.1 Å². The summed E-state index contributed by atoms with van der Waals surface area (Å²) in [4.78, 5) is 14.4. The monoisotopic (exact) mass is 325 g/mol. The third-order valence-corrected chi connectivity index (χ3v) is 6.94. The van der Waals surface area contributed by atoms with Crippen LogP contribution in [0.2, 0.25) is 0 Å². The van der Waals surface area contributed by atoms with E-state index in [1.165, 1.54) is 25.7 Å². The van der Waals surface area contributed by atoms with Gasteiger partial charge in [0, 0.05) is 24.1 Å². The van der Waals surface area contributed by atoms with Crippen molar-refractivity contribution in [3.8, 4) is 0 Å². The lowest BCUT2D eigenvalue weighted by atomic mass is 10.2. The van der Waals surface area contributed by atoms with Crippen LogP contribution in [0, 0.1) is 0 Å². The molecule has 0 aromatic carbocycles. The van der Waals surface area contributed by atoms with Crippen LogP contribution in [0.5, 0.6) is 0 Å². The summed E-state index contributed by atoms with van der Waals surface area (Å²) in [5.41, 5.74) is 0. The van der Waals surface area contributed by atoms with Crippen molar-refractivity contribution in [3.63, 3.8) is 0 Å². The maximum absolute atomic E-state index is 12.4. The number of carbonyl (C=O) groups is 1. The minimum Gasteiger partial charge on any atom is -0.468 e. The predicted molar refractivity (Wildman–Crippen MR) is 89.8 cm³/mol. The lowest BCUT2D eigenvalue weighted by Gasteiger charge is -2.20. The van der Waals surface area contributed by atoms with Gasteiger partial charge in [-0.25, -0.2) is 0 Å². The van der Waals surface area contributed by atoms with Gasteiger partial charge in [-0.2, -0.15) is 0 Å². The molecule has 3 rings (SSSR count). The molecular formula is C16H23NO2S2. The van der Waals surface area contributed by atoms with Crippen LogP contribution in [-0.2, 0) is 4.79 Å². The normalized spacial score (nSPS) is 24.2. The van der Waals surface area contributed by atoms with Crippen molar-refractivity contribution in [2.24, 2.45) is 0 Å². The molecule has 1 amide bonds. The smallest absolute Gasteiger partial charge is 0.232 e. The van der Waals surface area contributed by atoms with Gasteiger partial charge in [0.05, 0.1) is 17.3 Å². The zero-order valence-electron chi connectivity index (χ0n) is 12.3. The molecule has 2 heterocycles. The highest BCUT2D eigenvalue weighted by atomic mass is 32.2. The van der Waals surface area contributed by atoms with Crippen LogP contribution in [-0.4, -0.2) is 40.7 Å². The van der Waals surface area contributed by atoms with Crippen molar-refractivity contribution in [1.82, 2.24) is 4.90 Å². The molecule has 1 aliphatic heterocycles. The van der Waals surface area contributed by atoms with Gasteiger partial charge in [0.15, 0.2) is 0 Å². The van der Waals surface area contributed by atoms with Crippen molar-refractivity contribution in [2.45, 2.75) is 42.6 Å². The van der Waals surface area contributed by atoms with E-state index in [2.05, 4.69) is 4.90 Å². The summed E-state index contributed by atoms with van der Waals surface area (Å²) >= 11 is 3.79. The van der Waals surface area contributed by atoms with Gasteiger partial charge in [0.2, 0.25) is 5.91 Å². The quantitative estimate of drug-likeness (QED) is 0.839. The van der Waals surface area contributed by atoms with E-state index >= 15 is 0 Å². The summed E-state index contributed by atoms with van der Waals surface area (Å²) in [6.45, 7) is 1.74. The van der Waals surface area contributed by atoms with Crippen molar-refractivity contribution >= 4 is 29.4 Å². The van der Waals surface area contributed by atoms with Gasteiger partial charge < -0.3 is 9.32 Å². The molecule has 0 unspecified atom stereocenters. The Morgan fingerprint density at radius 1 is 1.33 bits per heavy atom. The van der Waals surface area contributed by atoms with Gasteiger partial charge in [-0.05, 0) is 31.4 Å². The fraction of sp³-hybridized carbons (Fsp3) is 0.688. The fourth-order valence-corrected chi connectivity index (χ4v) is 5.47. The maximum Gasteiger partial charge on any atom is 0.232 e. The first kappa shape index (κ1) is 15.3. The molecule has 0 bridgehead atoms. The summed E-state index contributed by atoms with van der Waals surface area (Å²) in [5, 5.41) is 1.13. The zero-order valence-corrected chi connectivity index (χ0v) is 14.0. The number of hydrogen-bond donors (Lipinski definition) is 0. The molecule has 1 atom stereocenters. The lowest BCUT2D eigenvalue weighted by molar-refractivity contribution is -0.128. The first-order chi connectivity index (χ1) is 10.3. The van der Waals surface area contributed by atoms with Gasteiger partial charge in [0.1, 0.15) is 5.76 Å². The first-order valence-electron chi connectivity index (χ1n) is 7.87. The number of thioether (sulfide) groups is 2. The van der Waals surface area contributed by atoms with Crippen LogP contribution in [0.15, 0.2) is 22.8 Å². The Labute approximate surface area is 135 Å². The van der Waals surface area contributed by atoms with E-state index in [0.29, 0.717) is 16.9 Å². The van der Waals surface area contributed by atoms with Crippen molar-refractivity contribution < 1.29 is 9.21 Å². The van der Waals surface area contributed by atoms with E-state index in [4.69, 9.17) is 4.42 Å². The molecule has 1 aliphatic carbocycles. The van der Waals surface area contributed by atoms with Gasteiger partial charge in [0.25, 0.3) is 0 Å². The van der Waals surface area contributed by atoms with E-state index < -0.39 is 0 Å². The molecule has 1 saturated heterocycles. The molecule has 3 nitrogen and oxygen atoms in total. The van der Waals surface area contributed by atoms with E-state index in [1.807, 2.05) is 35.7 Å². The lowest BCUT2D eigenvalue weighted by Crippen LogP contribution is -2.34. The standard InChI is InChI=1S/C16H23NO2S2/c18-16(12-21-13-4-1-2-5-13)17-8-7-15(20-11-9-17)14-6-3-10-19-14/h3,6,10,13,15H,1-2,4-5,7-9,11-12H2/t15-/m0/s1. The molecule has 0 spiro atoms. The Bertz CT molecular complexity index is 443. The van der Waals surface area contributed by atoms with E-state index in [1.54, 1.807) is 6.26 Å². The molecule has 1 aromatic rings. The summed E-state index contributed by atoms with van der Waals surface area (Å²) < 4.78 is 5.51. The van der Waals surface area contributed by atoms with E-state index in [9.17, 15) is 4.79 Å². The van der Waals surface area contributed by atoms with Crippen LogP contribution < -0.4 is 0 Å². The highest BCUT2D eigenvalue weighted by Gasteiger charge is 2.24. The minimum atomic E-state index is 0.326. The highest BCUT2D eigenvalue weighted by Crippen LogP contribution is 2.35. The van der Waals surface area contributed by atoms with Gasteiger partial charge in [-0.3, -0.25) is 4.79 Å². The number of amides is 1. The molecule has 116 valence electrons. The molecule has 0 N–H and O–H groups in total. The number of rotatable bonds is 4. The van der Waals surface area contributed by atoms with E-state index in [-0.39, 0.29) is 0 Å². The number of hydrogen-bond acceptors (Lipinski definition) is 4. The Hall–Kier alpha value is -0.550. The summed E-state index contributed by atoms with van der Waals surface area (Å²) in [6.07, 6.45) is 8.02. The second-order valence-corrected chi connectivity index (χ2v) is 8.36. The summed E-state index contributed by atoms with van der Waals surface area (Å²) in [6, 6.07) is 3.99. The molecule has 1 aromatic heterocycles. The summed E-state index contributed by atoms with van der Waals surface area (Å²) in [7, 11) is 0. The molecule has 2 aliphatic rings. The van der Waals surface area contributed by atoms with E-state index in [0.717, 1.165) is 36.3 Å². The third kappa shape index (κ3) is 4.22. The molecule has 1 saturated carbocycles. The maximum atomic E-state index is 12.4. The molecular weight excluding hydrogens is 302 g/mol. The van der Waals surface area contributed by atoms with Crippen LogP contribution in [0.25, 0.3) is 0 Å².